The van der Waals surface area contributed by atoms with E-state index in [4.69, 9.17) is 9.84 Å². The van der Waals surface area contributed by atoms with Gasteiger partial charge in [0.05, 0.1) is 18.4 Å². The first kappa shape index (κ1) is 11.0. The number of thiophene rings is 1. The third-order valence-electron chi connectivity index (χ3n) is 2.00. The normalized spacial score (nSPS) is 12.5. The SMILES string of the molecule is COc1cc(C)sc1C(C)CC(=O)O. The molecule has 0 fully saturated rings. The Kier molecular flexibility index (Phi) is 3.52. The molecule has 0 aliphatic rings. The Morgan fingerprint density at radius 2 is 2.36 bits per heavy atom. The molecule has 1 aromatic heterocycles. The number of ether oxygens (including phenoxy) is 1. The number of hydrogen-bond donors (Lipinski definition) is 1. The van der Waals surface area contributed by atoms with Crippen molar-refractivity contribution in [2.75, 3.05) is 7.11 Å². The number of aryl methyl sites for hydroxylation is 1. The molecule has 1 N–H and O–H groups in total. The molecule has 1 rings (SSSR count). The van der Waals surface area contributed by atoms with Crippen LogP contribution >= 0.6 is 11.3 Å². The van der Waals surface area contributed by atoms with Crippen LogP contribution in [0.2, 0.25) is 0 Å². The number of methoxy groups -OCH3 is 1. The monoisotopic (exact) mass is 214 g/mol. The van der Waals surface area contributed by atoms with Gasteiger partial charge in [0.25, 0.3) is 0 Å². The smallest absolute Gasteiger partial charge is 0.303 e. The average Bonchev–Trinajstić information content (AvgIpc) is 2.45. The van der Waals surface area contributed by atoms with Gasteiger partial charge in [-0.05, 0) is 13.0 Å². The van der Waals surface area contributed by atoms with Gasteiger partial charge in [-0.3, -0.25) is 4.79 Å². The van der Waals surface area contributed by atoms with E-state index in [1.54, 1.807) is 18.4 Å². The number of rotatable bonds is 4. The summed E-state index contributed by atoms with van der Waals surface area (Å²) in [6, 6.07) is 1.94. The van der Waals surface area contributed by atoms with Gasteiger partial charge < -0.3 is 9.84 Å². The standard InChI is InChI=1S/C10H14O3S/c1-6(4-9(11)12)10-8(13-3)5-7(2)14-10/h5-6H,4H2,1-3H3,(H,11,12). The van der Waals surface area contributed by atoms with Crippen molar-refractivity contribution >= 4 is 17.3 Å². The molecule has 0 radical (unpaired) electrons. The maximum atomic E-state index is 10.6. The van der Waals surface area contributed by atoms with Gasteiger partial charge in [-0.2, -0.15) is 0 Å². The molecule has 3 nitrogen and oxygen atoms in total. The molecule has 78 valence electrons. The topological polar surface area (TPSA) is 46.5 Å². The van der Waals surface area contributed by atoms with Crippen molar-refractivity contribution in [2.45, 2.75) is 26.2 Å². The second kappa shape index (κ2) is 4.46. The summed E-state index contributed by atoms with van der Waals surface area (Å²) in [5.41, 5.74) is 0. The molecule has 1 unspecified atom stereocenters. The first-order chi connectivity index (χ1) is 6.54. The zero-order valence-electron chi connectivity index (χ0n) is 8.53. The maximum absolute atomic E-state index is 10.6. The zero-order chi connectivity index (χ0) is 10.7. The van der Waals surface area contributed by atoms with Crippen LogP contribution in [0.5, 0.6) is 5.75 Å². The molecule has 1 heterocycles. The van der Waals surface area contributed by atoms with Crippen molar-refractivity contribution in [3.05, 3.63) is 15.8 Å². The lowest BCUT2D eigenvalue weighted by Crippen LogP contribution is -2.02. The first-order valence-corrected chi connectivity index (χ1v) is 5.22. The molecule has 0 saturated heterocycles. The lowest BCUT2D eigenvalue weighted by molar-refractivity contribution is -0.137. The summed E-state index contributed by atoms with van der Waals surface area (Å²) in [5.74, 6) is 0.0491. The first-order valence-electron chi connectivity index (χ1n) is 4.40. The van der Waals surface area contributed by atoms with Crippen LogP contribution < -0.4 is 4.74 Å². The third kappa shape index (κ3) is 2.48. The molecular weight excluding hydrogens is 200 g/mol. The molecule has 0 aromatic carbocycles. The summed E-state index contributed by atoms with van der Waals surface area (Å²) in [5, 5.41) is 8.68. The summed E-state index contributed by atoms with van der Waals surface area (Å²) in [6.45, 7) is 3.89. The van der Waals surface area contributed by atoms with E-state index in [-0.39, 0.29) is 12.3 Å². The van der Waals surface area contributed by atoms with Crippen LogP contribution in [-0.4, -0.2) is 18.2 Å². The molecule has 0 amide bonds. The Bertz CT molecular complexity index is 330. The van der Waals surface area contributed by atoms with E-state index in [2.05, 4.69) is 0 Å². The van der Waals surface area contributed by atoms with Crippen molar-refractivity contribution in [1.29, 1.82) is 0 Å². The molecule has 1 atom stereocenters. The van der Waals surface area contributed by atoms with E-state index < -0.39 is 5.97 Å². The summed E-state index contributed by atoms with van der Waals surface area (Å²) in [6.07, 6.45) is 0.149. The average molecular weight is 214 g/mol. The molecule has 0 bridgehead atoms. The predicted molar refractivity (Wildman–Crippen MR) is 56.3 cm³/mol. The van der Waals surface area contributed by atoms with Gasteiger partial charge >= 0.3 is 5.97 Å². The van der Waals surface area contributed by atoms with Gasteiger partial charge in [0.1, 0.15) is 5.75 Å². The number of carbonyl (C=O) groups is 1. The highest BCUT2D eigenvalue weighted by atomic mass is 32.1. The zero-order valence-corrected chi connectivity index (χ0v) is 9.35. The second-order valence-corrected chi connectivity index (χ2v) is 4.58. The fraction of sp³-hybridized carbons (Fsp3) is 0.500. The van der Waals surface area contributed by atoms with Crippen LogP contribution in [0.1, 0.15) is 29.0 Å². The van der Waals surface area contributed by atoms with E-state index in [1.807, 2.05) is 19.9 Å². The molecule has 0 aliphatic heterocycles. The number of carboxylic acid groups (broad SMARTS) is 1. The Labute approximate surface area is 87.3 Å². The Morgan fingerprint density at radius 1 is 1.71 bits per heavy atom. The molecule has 0 spiro atoms. The highest BCUT2D eigenvalue weighted by Gasteiger charge is 2.17. The Morgan fingerprint density at radius 3 is 2.86 bits per heavy atom. The maximum Gasteiger partial charge on any atom is 0.303 e. The second-order valence-electron chi connectivity index (χ2n) is 3.29. The van der Waals surface area contributed by atoms with E-state index in [0.717, 1.165) is 15.5 Å². The van der Waals surface area contributed by atoms with Gasteiger partial charge in [0.15, 0.2) is 0 Å². The van der Waals surface area contributed by atoms with E-state index in [9.17, 15) is 4.79 Å². The quantitative estimate of drug-likeness (QED) is 0.838. The van der Waals surface area contributed by atoms with Crippen molar-refractivity contribution in [1.82, 2.24) is 0 Å². The highest BCUT2D eigenvalue weighted by molar-refractivity contribution is 7.12. The third-order valence-corrected chi connectivity index (χ3v) is 3.26. The minimum Gasteiger partial charge on any atom is -0.496 e. The summed E-state index contributed by atoms with van der Waals surface area (Å²) in [4.78, 5) is 12.7. The van der Waals surface area contributed by atoms with Crippen LogP contribution in [0, 0.1) is 6.92 Å². The Balaban J connectivity index is 2.87. The minimum atomic E-state index is -0.773. The van der Waals surface area contributed by atoms with Crippen LogP contribution in [0.15, 0.2) is 6.07 Å². The molecular formula is C10H14O3S. The van der Waals surface area contributed by atoms with E-state index in [0.29, 0.717) is 0 Å². The van der Waals surface area contributed by atoms with Crippen LogP contribution in [0.4, 0.5) is 0 Å². The van der Waals surface area contributed by atoms with Crippen LogP contribution in [0.25, 0.3) is 0 Å². The lowest BCUT2D eigenvalue weighted by atomic mass is 10.1. The largest absolute Gasteiger partial charge is 0.496 e. The molecule has 4 heteroatoms. The van der Waals surface area contributed by atoms with Crippen molar-refractivity contribution < 1.29 is 14.6 Å². The molecule has 0 saturated carbocycles. The van der Waals surface area contributed by atoms with Crippen molar-refractivity contribution in [2.24, 2.45) is 0 Å². The number of carboxylic acids is 1. The summed E-state index contributed by atoms with van der Waals surface area (Å²) in [7, 11) is 1.61. The van der Waals surface area contributed by atoms with E-state index in [1.165, 1.54) is 0 Å². The Hall–Kier alpha value is -1.03. The van der Waals surface area contributed by atoms with Crippen LogP contribution in [-0.2, 0) is 4.79 Å². The van der Waals surface area contributed by atoms with Gasteiger partial charge in [-0.15, -0.1) is 11.3 Å². The number of aliphatic carboxylic acids is 1. The fourth-order valence-electron chi connectivity index (χ4n) is 1.37. The van der Waals surface area contributed by atoms with Crippen LogP contribution in [0.3, 0.4) is 0 Å². The number of hydrogen-bond acceptors (Lipinski definition) is 3. The van der Waals surface area contributed by atoms with Crippen molar-refractivity contribution in [3.63, 3.8) is 0 Å². The molecule has 0 aliphatic carbocycles. The fourth-order valence-corrected chi connectivity index (χ4v) is 2.41. The van der Waals surface area contributed by atoms with Gasteiger partial charge in [-0.1, -0.05) is 6.92 Å². The highest BCUT2D eigenvalue weighted by Crippen LogP contribution is 2.36. The van der Waals surface area contributed by atoms with Gasteiger partial charge in [0.2, 0.25) is 0 Å². The molecule has 1 aromatic rings. The molecule has 14 heavy (non-hydrogen) atoms. The summed E-state index contributed by atoms with van der Waals surface area (Å²) < 4.78 is 5.19. The van der Waals surface area contributed by atoms with E-state index >= 15 is 0 Å². The van der Waals surface area contributed by atoms with Crippen molar-refractivity contribution in [3.8, 4) is 5.75 Å². The minimum absolute atomic E-state index is 0.0150. The van der Waals surface area contributed by atoms with Gasteiger partial charge in [0, 0.05) is 10.8 Å². The summed E-state index contributed by atoms with van der Waals surface area (Å²) >= 11 is 1.60. The van der Waals surface area contributed by atoms with Gasteiger partial charge in [-0.25, -0.2) is 0 Å². The predicted octanol–water partition coefficient (Wildman–Crippen LogP) is 2.64. The lowest BCUT2D eigenvalue weighted by Gasteiger charge is -2.08.